The zero-order chi connectivity index (χ0) is 16.7. The van der Waals surface area contributed by atoms with Crippen molar-refractivity contribution in [3.63, 3.8) is 0 Å². The summed E-state index contributed by atoms with van der Waals surface area (Å²) in [5.74, 6) is -0.0293. The first-order valence-corrected chi connectivity index (χ1v) is 7.58. The number of esters is 1. The van der Waals surface area contributed by atoms with E-state index < -0.39 is 5.97 Å². The summed E-state index contributed by atoms with van der Waals surface area (Å²) in [5, 5.41) is 0.753. The van der Waals surface area contributed by atoms with Gasteiger partial charge >= 0.3 is 5.97 Å². The lowest BCUT2D eigenvalue weighted by Gasteiger charge is -2.05. The quantitative estimate of drug-likeness (QED) is 0.398. The minimum Gasteiger partial charge on any atom is -0.465 e. The molecule has 24 heavy (non-hydrogen) atoms. The molecule has 2 aromatic carbocycles. The Labute approximate surface area is 141 Å². The van der Waals surface area contributed by atoms with Crippen molar-refractivity contribution in [2.45, 2.75) is 0 Å². The Morgan fingerprint density at radius 2 is 1.83 bits per heavy atom. The topological polar surface area (TPSA) is 65.2 Å². The van der Waals surface area contributed by atoms with Gasteiger partial charge in [-0.05, 0) is 30.3 Å². The normalized spacial score (nSPS) is 11.1. The summed E-state index contributed by atoms with van der Waals surface area (Å²) in [4.78, 5) is 20.9. The second-order valence-electron chi connectivity index (χ2n) is 5.18. The summed E-state index contributed by atoms with van der Waals surface area (Å²) >= 11 is 6.01. The number of ether oxygens (including phenoxy) is 1. The Morgan fingerprint density at radius 3 is 2.58 bits per heavy atom. The predicted octanol–water partition coefficient (Wildman–Crippen LogP) is 4.48. The van der Waals surface area contributed by atoms with Crippen LogP contribution < -0.4 is 0 Å². The van der Waals surface area contributed by atoms with Crippen LogP contribution in [0.15, 0.2) is 52.9 Å². The van der Waals surface area contributed by atoms with E-state index in [0.29, 0.717) is 33.5 Å². The monoisotopic (exact) mass is 338 g/mol. The van der Waals surface area contributed by atoms with Gasteiger partial charge in [-0.2, -0.15) is 0 Å². The van der Waals surface area contributed by atoms with E-state index in [4.69, 9.17) is 20.8 Å². The fourth-order valence-electron chi connectivity index (χ4n) is 2.65. The van der Waals surface area contributed by atoms with E-state index >= 15 is 0 Å². The van der Waals surface area contributed by atoms with Crippen molar-refractivity contribution in [3.05, 3.63) is 59.2 Å². The van der Waals surface area contributed by atoms with Crippen molar-refractivity contribution in [2.24, 2.45) is 0 Å². The average Bonchev–Trinajstić information content (AvgIpc) is 3.05. The molecule has 0 saturated heterocycles. The number of oxazole rings is 1. The molecule has 2 aromatic heterocycles. The molecule has 0 N–H and O–H groups in total. The van der Waals surface area contributed by atoms with Crippen LogP contribution in [0, 0.1) is 0 Å². The maximum atomic E-state index is 12.1. The largest absolute Gasteiger partial charge is 0.465 e. The van der Waals surface area contributed by atoms with Gasteiger partial charge < -0.3 is 9.15 Å². The van der Waals surface area contributed by atoms with Crippen LogP contribution in [0.1, 0.15) is 10.4 Å². The molecule has 4 aromatic rings. The molecular formula is C18H11ClN2O3. The van der Waals surface area contributed by atoms with Gasteiger partial charge in [0.2, 0.25) is 5.89 Å². The maximum Gasteiger partial charge on any atom is 0.338 e. The second-order valence-corrected chi connectivity index (χ2v) is 5.56. The van der Waals surface area contributed by atoms with Crippen molar-refractivity contribution < 1.29 is 13.9 Å². The molecule has 6 heteroatoms. The molecule has 0 bridgehead atoms. The molecule has 5 nitrogen and oxygen atoms in total. The van der Waals surface area contributed by atoms with Crippen molar-refractivity contribution in [2.75, 3.05) is 7.11 Å². The number of benzene rings is 2. The zero-order valence-electron chi connectivity index (χ0n) is 12.6. The number of pyridine rings is 1. The van der Waals surface area contributed by atoms with Crippen LogP contribution in [0.2, 0.25) is 5.15 Å². The molecule has 0 radical (unpaired) electrons. The number of fused-ring (bicyclic) bond motifs is 3. The Kier molecular flexibility index (Phi) is 3.43. The van der Waals surface area contributed by atoms with Gasteiger partial charge in [0.1, 0.15) is 10.7 Å². The van der Waals surface area contributed by atoms with Gasteiger partial charge in [0.05, 0.1) is 23.6 Å². The molecule has 0 aliphatic rings. The third-order valence-electron chi connectivity index (χ3n) is 3.72. The zero-order valence-corrected chi connectivity index (χ0v) is 13.4. The highest BCUT2D eigenvalue weighted by Gasteiger charge is 2.19. The number of carbonyl (C=O) groups excluding carboxylic acids is 1. The van der Waals surface area contributed by atoms with Crippen LogP contribution in [0.4, 0.5) is 0 Å². The number of halogens is 1. The van der Waals surface area contributed by atoms with Gasteiger partial charge in [-0.1, -0.05) is 29.8 Å². The van der Waals surface area contributed by atoms with E-state index in [2.05, 4.69) is 9.97 Å². The van der Waals surface area contributed by atoms with Gasteiger partial charge in [0.25, 0.3) is 0 Å². The Bertz CT molecular complexity index is 1070. The SMILES string of the molecule is COC(=O)c1cc(Cl)nc2ccc3nc(-c4ccccc4)oc3c12. The molecule has 0 amide bonds. The van der Waals surface area contributed by atoms with Crippen LogP contribution in [0.3, 0.4) is 0 Å². The minimum atomic E-state index is -0.505. The van der Waals surface area contributed by atoms with Crippen LogP contribution >= 0.6 is 11.6 Å². The van der Waals surface area contributed by atoms with Crippen LogP contribution in [0.5, 0.6) is 0 Å². The van der Waals surface area contributed by atoms with Crippen molar-refractivity contribution >= 4 is 39.6 Å². The molecule has 0 aliphatic heterocycles. The predicted molar refractivity (Wildman–Crippen MR) is 91.1 cm³/mol. The van der Waals surface area contributed by atoms with Gasteiger partial charge in [0.15, 0.2) is 5.58 Å². The van der Waals surface area contributed by atoms with Gasteiger partial charge in [-0.3, -0.25) is 0 Å². The van der Waals surface area contributed by atoms with Gasteiger partial charge in [0, 0.05) is 5.56 Å². The fraction of sp³-hybridized carbons (Fsp3) is 0.0556. The van der Waals surface area contributed by atoms with Crippen LogP contribution in [-0.2, 0) is 4.74 Å². The van der Waals surface area contributed by atoms with Gasteiger partial charge in [-0.25, -0.2) is 14.8 Å². The Morgan fingerprint density at radius 1 is 1.08 bits per heavy atom. The summed E-state index contributed by atoms with van der Waals surface area (Å²) in [6, 6.07) is 14.6. The smallest absolute Gasteiger partial charge is 0.338 e. The highest BCUT2D eigenvalue weighted by Crippen LogP contribution is 2.32. The van der Waals surface area contributed by atoms with E-state index in [1.807, 2.05) is 30.3 Å². The molecule has 2 heterocycles. The molecule has 0 aliphatic carbocycles. The molecule has 0 atom stereocenters. The lowest BCUT2D eigenvalue weighted by molar-refractivity contribution is 0.0603. The third-order valence-corrected chi connectivity index (χ3v) is 3.92. The molecular weight excluding hydrogens is 328 g/mol. The molecule has 0 fully saturated rings. The highest BCUT2D eigenvalue weighted by molar-refractivity contribution is 6.31. The minimum absolute atomic E-state index is 0.213. The van der Waals surface area contributed by atoms with E-state index in [1.54, 1.807) is 12.1 Å². The number of methoxy groups -OCH3 is 1. The summed E-state index contributed by atoms with van der Waals surface area (Å²) in [7, 11) is 1.32. The number of aromatic nitrogens is 2. The first-order valence-electron chi connectivity index (χ1n) is 7.21. The lowest BCUT2D eigenvalue weighted by Crippen LogP contribution is -2.03. The molecule has 0 saturated carbocycles. The van der Waals surface area contributed by atoms with Crippen molar-refractivity contribution in [3.8, 4) is 11.5 Å². The summed E-state index contributed by atoms with van der Waals surface area (Å²) in [6.45, 7) is 0. The van der Waals surface area contributed by atoms with E-state index in [-0.39, 0.29) is 5.15 Å². The Balaban J connectivity index is 2.06. The maximum absolute atomic E-state index is 12.1. The van der Waals surface area contributed by atoms with E-state index in [0.717, 1.165) is 5.56 Å². The first kappa shape index (κ1) is 14.7. The molecule has 4 rings (SSSR count). The van der Waals surface area contributed by atoms with Crippen molar-refractivity contribution in [1.82, 2.24) is 9.97 Å². The highest BCUT2D eigenvalue weighted by atomic mass is 35.5. The number of nitrogens with zero attached hydrogens (tertiary/aromatic N) is 2. The molecule has 0 unspecified atom stereocenters. The Hall–Kier alpha value is -2.92. The van der Waals surface area contributed by atoms with Gasteiger partial charge in [-0.15, -0.1) is 0 Å². The average molecular weight is 339 g/mol. The molecule has 0 spiro atoms. The van der Waals surface area contributed by atoms with Crippen molar-refractivity contribution in [1.29, 1.82) is 0 Å². The van der Waals surface area contributed by atoms with Crippen LogP contribution in [-0.4, -0.2) is 23.0 Å². The second kappa shape index (κ2) is 5.62. The number of carbonyl (C=O) groups is 1. The standard InChI is InChI=1S/C18H11ClN2O3/c1-23-18(22)11-9-14(19)20-12-7-8-13-16(15(11)12)24-17(21-13)10-5-3-2-4-6-10/h2-9H,1H3. The summed E-state index contributed by atoms with van der Waals surface area (Å²) in [6.07, 6.45) is 0. The molecule has 118 valence electrons. The first-order chi connectivity index (χ1) is 11.7. The lowest BCUT2D eigenvalue weighted by atomic mass is 10.1. The number of hydrogen-bond acceptors (Lipinski definition) is 5. The fourth-order valence-corrected chi connectivity index (χ4v) is 2.85. The van der Waals surface area contributed by atoms with Crippen LogP contribution in [0.25, 0.3) is 33.5 Å². The van der Waals surface area contributed by atoms with E-state index in [9.17, 15) is 4.79 Å². The number of hydrogen-bond donors (Lipinski definition) is 0. The summed E-state index contributed by atoms with van der Waals surface area (Å²) < 4.78 is 10.8. The third kappa shape index (κ3) is 2.30. The number of rotatable bonds is 2. The summed E-state index contributed by atoms with van der Waals surface area (Å²) in [5.41, 5.74) is 2.81. The van der Waals surface area contributed by atoms with E-state index in [1.165, 1.54) is 13.2 Å².